The summed E-state index contributed by atoms with van der Waals surface area (Å²) >= 11 is 0. The van der Waals surface area contributed by atoms with Crippen molar-refractivity contribution in [1.29, 1.82) is 0 Å². The van der Waals surface area contributed by atoms with E-state index in [0.29, 0.717) is 23.1 Å². The van der Waals surface area contributed by atoms with Crippen molar-refractivity contribution in [3.63, 3.8) is 0 Å². The van der Waals surface area contributed by atoms with Gasteiger partial charge >= 0.3 is 0 Å². The molecule has 2 rings (SSSR count). The molecular weight excluding hydrogens is 236 g/mol. The zero-order chi connectivity index (χ0) is 13.3. The summed E-state index contributed by atoms with van der Waals surface area (Å²) in [5.74, 6) is 0.494. The molecule has 8 heteroatoms. The summed E-state index contributed by atoms with van der Waals surface area (Å²) in [4.78, 5) is 11.9. The predicted octanol–water partition coefficient (Wildman–Crippen LogP) is 0.295. The molecule has 96 valence electrons. The van der Waals surface area contributed by atoms with E-state index in [4.69, 9.17) is 10.5 Å². The second-order valence-corrected chi connectivity index (χ2v) is 3.76. The first-order valence-electron chi connectivity index (χ1n) is 5.22. The molecule has 0 saturated carbocycles. The number of nitrogens with one attached hydrogen (secondary N) is 2. The first-order valence-corrected chi connectivity index (χ1v) is 5.22. The molecule has 0 radical (unpaired) electrons. The van der Waals surface area contributed by atoms with Gasteiger partial charge in [0.2, 0.25) is 5.88 Å². The van der Waals surface area contributed by atoms with E-state index >= 15 is 0 Å². The van der Waals surface area contributed by atoms with E-state index in [2.05, 4.69) is 20.6 Å². The summed E-state index contributed by atoms with van der Waals surface area (Å²) in [6.45, 7) is 1.74. The third-order valence-electron chi connectivity index (χ3n) is 2.50. The minimum absolute atomic E-state index is 0.150. The number of ether oxygens (including phenoxy) is 1. The van der Waals surface area contributed by atoms with Crippen LogP contribution in [0.15, 0.2) is 6.07 Å². The predicted molar refractivity (Wildman–Crippen MR) is 65.5 cm³/mol. The molecule has 0 fully saturated rings. The normalized spacial score (nSPS) is 10.4. The molecule has 0 unspecified atom stereocenters. The second kappa shape index (κ2) is 4.40. The highest BCUT2D eigenvalue weighted by Crippen LogP contribution is 2.18. The lowest BCUT2D eigenvalue weighted by atomic mass is 10.3. The van der Waals surface area contributed by atoms with Crippen LogP contribution in [0.4, 0.5) is 11.5 Å². The number of amides is 1. The minimum atomic E-state index is -0.419. The third kappa shape index (κ3) is 1.99. The Balaban J connectivity index is 2.18. The fourth-order valence-electron chi connectivity index (χ4n) is 1.49. The zero-order valence-electron chi connectivity index (χ0n) is 10.3. The monoisotopic (exact) mass is 250 g/mol. The topological polar surface area (TPSA) is 111 Å². The first kappa shape index (κ1) is 12.0. The number of nitrogens with zero attached hydrogens (tertiary/aromatic N) is 3. The number of hydrogen-bond donors (Lipinski definition) is 3. The van der Waals surface area contributed by atoms with Gasteiger partial charge in [0.1, 0.15) is 0 Å². The van der Waals surface area contributed by atoms with Gasteiger partial charge in [-0.15, -0.1) is 0 Å². The Labute approximate surface area is 103 Å². The third-order valence-corrected chi connectivity index (χ3v) is 2.50. The lowest BCUT2D eigenvalue weighted by molar-refractivity contribution is 0.102. The summed E-state index contributed by atoms with van der Waals surface area (Å²) in [7, 11) is 3.24. The lowest BCUT2D eigenvalue weighted by Gasteiger charge is -1.99. The van der Waals surface area contributed by atoms with E-state index in [9.17, 15) is 4.79 Å². The molecule has 0 spiro atoms. The summed E-state index contributed by atoms with van der Waals surface area (Å²) in [6.07, 6.45) is 0. The molecule has 2 aromatic rings. The SMILES string of the molecule is COc1cc(NC(=O)c2n[nH]c(C)c2N)nn1C. The molecule has 0 aliphatic carbocycles. The quantitative estimate of drug-likeness (QED) is 0.725. The van der Waals surface area contributed by atoms with E-state index in [-0.39, 0.29) is 5.69 Å². The number of aromatic amines is 1. The molecule has 4 N–H and O–H groups in total. The number of carbonyl (C=O) groups excluding carboxylic acids is 1. The van der Waals surface area contributed by atoms with E-state index in [1.165, 1.54) is 11.8 Å². The number of carbonyl (C=O) groups is 1. The van der Waals surface area contributed by atoms with E-state index in [0.717, 1.165) is 0 Å². The van der Waals surface area contributed by atoms with Gasteiger partial charge in [0.25, 0.3) is 5.91 Å². The molecule has 0 bridgehead atoms. The van der Waals surface area contributed by atoms with Gasteiger partial charge in [-0.1, -0.05) is 0 Å². The molecule has 1 amide bonds. The highest BCUT2D eigenvalue weighted by molar-refractivity contribution is 6.06. The van der Waals surface area contributed by atoms with Gasteiger partial charge < -0.3 is 15.8 Å². The van der Waals surface area contributed by atoms with Crippen LogP contribution in [0.2, 0.25) is 0 Å². The Morgan fingerprint density at radius 2 is 2.33 bits per heavy atom. The van der Waals surface area contributed by atoms with Crippen molar-refractivity contribution in [3.05, 3.63) is 17.5 Å². The molecule has 2 aromatic heterocycles. The van der Waals surface area contributed by atoms with Crippen molar-refractivity contribution < 1.29 is 9.53 Å². The Morgan fingerprint density at radius 1 is 1.61 bits per heavy atom. The number of nitrogen functional groups attached to an aromatic ring is 1. The van der Waals surface area contributed by atoms with Crippen LogP contribution < -0.4 is 15.8 Å². The largest absolute Gasteiger partial charge is 0.481 e. The second-order valence-electron chi connectivity index (χ2n) is 3.76. The maximum Gasteiger partial charge on any atom is 0.279 e. The summed E-state index contributed by atoms with van der Waals surface area (Å²) in [5.41, 5.74) is 6.84. The molecule has 0 aromatic carbocycles. The van der Waals surface area contributed by atoms with Crippen molar-refractivity contribution >= 4 is 17.4 Å². The fourth-order valence-corrected chi connectivity index (χ4v) is 1.49. The maximum absolute atomic E-state index is 11.9. The minimum Gasteiger partial charge on any atom is -0.481 e. The van der Waals surface area contributed by atoms with Crippen molar-refractivity contribution in [2.75, 3.05) is 18.2 Å². The number of rotatable bonds is 3. The smallest absolute Gasteiger partial charge is 0.279 e. The molecule has 0 atom stereocenters. The molecule has 8 nitrogen and oxygen atoms in total. The number of aryl methyl sites for hydroxylation is 2. The van der Waals surface area contributed by atoms with Crippen molar-refractivity contribution in [3.8, 4) is 5.88 Å². The maximum atomic E-state index is 11.9. The van der Waals surface area contributed by atoms with Gasteiger partial charge in [0.05, 0.1) is 18.5 Å². The van der Waals surface area contributed by atoms with Crippen LogP contribution in [0, 0.1) is 6.92 Å². The summed E-state index contributed by atoms with van der Waals surface area (Å²) in [6, 6.07) is 1.60. The number of nitrogens with two attached hydrogens (primary N) is 1. The van der Waals surface area contributed by atoms with Gasteiger partial charge in [-0.25, -0.2) is 4.68 Å². The van der Waals surface area contributed by atoms with Gasteiger partial charge in [-0.2, -0.15) is 10.2 Å². The van der Waals surface area contributed by atoms with Crippen LogP contribution in [0.25, 0.3) is 0 Å². The van der Waals surface area contributed by atoms with Gasteiger partial charge in [0, 0.05) is 13.1 Å². The zero-order valence-corrected chi connectivity index (χ0v) is 10.3. The van der Waals surface area contributed by atoms with Crippen LogP contribution in [-0.2, 0) is 7.05 Å². The molecule has 2 heterocycles. The van der Waals surface area contributed by atoms with Crippen LogP contribution in [0.1, 0.15) is 16.2 Å². The van der Waals surface area contributed by atoms with Crippen LogP contribution in [0.5, 0.6) is 5.88 Å². The van der Waals surface area contributed by atoms with E-state index in [1.54, 1.807) is 20.0 Å². The molecular formula is C10H14N6O2. The van der Waals surface area contributed by atoms with Crippen molar-refractivity contribution in [2.45, 2.75) is 6.92 Å². The van der Waals surface area contributed by atoms with Crippen molar-refractivity contribution in [2.24, 2.45) is 7.05 Å². The number of methoxy groups -OCH3 is 1. The van der Waals surface area contributed by atoms with Gasteiger partial charge in [-0.3, -0.25) is 9.89 Å². The average molecular weight is 250 g/mol. The first-order chi connectivity index (χ1) is 8.52. The summed E-state index contributed by atoms with van der Waals surface area (Å²) < 4.78 is 6.55. The summed E-state index contributed by atoms with van der Waals surface area (Å²) in [5, 5.41) is 13.1. The molecule has 18 heavy (non-hydrogen) atoms. The number of anilines is 2. The highest BCUT2D eigenvalue weighted by Gasteiger charge is 2.17. The highest BCUT2D eigenvalue weighted by atomic mass is 16.5. The molecule has 0 saturated heterocycles. The number of aromatic nitrogens is 4. The Hall–Kier alpha value is -2.51. The number of H-pyrrole nitrogens is 1. The Bertz CT molecular complexity index is 585. The van der Waals surface area contributed by atoms with E-state index in [1.807, 2.05) is 0 Å². The van der Waals surface area contributed by atoms with Crippen LogP contribution >= 0.6 is 0 Å². The number of hydrogen-bond acceptors (Lipinski definition) is 5. The fraction of sp³-hybridized carbons (Fsp3) is 0.300. The average Bonchev–Trinajstić information content (AvgIpc) is 2.84. The van der Waals surface area contributed by atoms with Gasteiger partial charge in [-0.05, 0) is 6.92 Å². The van der Waals surface area contributed by atoms with Crippen molar-refractivity contribution in [1.82, 2.24) is 20.0 Å². The lowest BCUT2D eigenvalue weighted by Crippen LogP contribution is -2.14. The molecule has 0 aliphatic heterocycles. The standard InChI is InChI=1S/C10H14N6O2/c1-5-8(11)9(14-13-5)10(17)12-6-4-7(18-3)16(2)15-6/h4H,11H2,1-3H3,(H,13,14)(H,12,15,17). The Morgan fingerprint density at radius 3 is 2.83 bits per heavy atom. The van der Waals surface area contributed by atoms with Crippen LogP contribution in [0.3, 0.4) is 0 Å². The van der Waals surface area contributed by atoms with Gasteiger partial charge in [0.15, 0.2) is 11.5 Å². The molecule has 0 aliphatic rings. The Kier molecular flexibility index (Phi) is 2.92. The van der Waals surface area contributed by atoms with E-state index < -0.39 is 5.91 Å². The van der Waals surface area contributed by atoms with Crippen LogP contribution in [-0.4, -0.2) is 33.0 Å².